The van der Waals surface area contributed by atoms with E-state index in [1.54, 1.807) is 6.20 Å². The Balaban J connectivity index is 2.10. The number of nitrogens with one attached hydrogen (secondary N) is 2. The van der Waals surface area contributed by atoms with Gasteiger partial charge in [-0.1, -0.05) is 44.2 Å². The molecule has 1 heterocycles. The van der Waals surface area contributed by atoms with Gasteiger partial charge in [0, 0.05) is 18.3 Å². The Morgan fingerprint density at radius 1 is 1.11 bits per heavy atom. The van der Waals surface area contributed by atoms with E-state index in [4.69, 9.17) is 0 Å². The molecule has 2 atom stereocenters. The summed E-state index contributed by atoms with van der Waals surface area (Å²) in [6.45, 7) is 6.70. The van der Waals surface area contributed by atoms with Crippen LogP contribution in [-0.2, 0) is 0 Å². The predicted octanol–water partition coefficient (Wildman–Crippen LogP) is 3.85. The van der Waals surface area contributed by atoms with Crippen LogP contribution < -0.4 is 5.32 Å². The van der Waals surface area contributed by atoms with Gasteiger partial charge >= 0.3 is 0 Å². The minimum Gasteiger partial charge on any atom is -0.302 e. The molecule has 2 aromatic rings. The van der Waals surface area contributed by atoms with Crippen LogP contribution in [0.3, 0.4) is 0 Å². The van der Waals surface area contributed by atoms with Crippen molar-refractivity contribution in [2.45, 2.75) is 39.3 Å². The molecule has 0 radical (unpaired) electrons. The Morgan fingerprint density at radius 3 is 2.42 bits per heavy atom. The predicted molar refractivity (Wildman–Crippen MR) is 78.8 cm³/mol. The van der Waals surface area contributed by atoms with Crippen molar-refractivity contribution in [1.29, 1.82) is 0 Å². The minimum absolute atomic E-state index is 0.270. The van der Waals surface area contributed by atoms with Crippen molar-refractivity contribution in [3.05, 3.63) is 53.9 Å². The maximum Gasteiger partial charge on any atom is 0.0518 e. The van der Waals surface area contributed by atoms with Gasteiger partial charge in [-0.3, -0.25) is 5.10 Å². The number of nitrogens with zero attached hydrogens (tertiary/aromatic N) is 1. The topological polar surface area (TPSA) is 40.7 Å². The molecular formula is C16H23N3. The third-order valence-corrected chi connectivity index (χ3v) is 3.35. The van der Waals surface area contributed by atoms with E-state index in [0.717, 1.165) is 12.1 Å². The van der Waals surface area contributed by atoms with Crippen molar-refractivity contribution < 1.29 is 0 Å². The van der Waals surface area contributed by atoms with Crippen LogP contribution in [0.5, 0.6) is 0 Å². The Hall–Kier alpha value is -1.61. The van der Waals surface area contributed by atoms with Crippen molar-refractivity contribution in [1.82, 2.24) is 15.5 Å². The third kappa shape index (κ3) is 3.93. The van der Waals surface area contributed by atoms with E-state index >= 15 is 0 Å². The van der Waals surface area contributed by atoms with E-state index in [-0.39, 0.29) is 6.04 Å². The Labute approximate surface area is 115 Å². The molecule has 0 aliphatic carbocycles. The first-order valence-electron chi connectivity index (χ1n) is 6.97. The van der Waals surface area contributed by atoms with Gasteiger partial charge in [-0.05, 0) is 30.9 Å². The monoisotopic (exact) mass is 257 g/mol. The lowest BCUT2D eigenvalue weighted by molar-refractivity contribution is 0.390. The van der Waals surface area contributed by atoms with E-state index in [1.165, 1.54) is 5.56 Å². The van der Waals surface area contributed by atoms with Gasteiger partial charge in [0.25, 0.3) is 0 Å². The Kier molecular flexibility index (Phi) is 4.74. The molecule has 0 saturated heterocycles. The zero-order valence-electron chi connectivity index (χ0n) is 11.9. The quantitative estimate of drug-likeness (QED) is 0.825. The summed E-state index contributed by atoms with van der Waals surface area (Å²) in [5.74, 6) is 0.659. The number of aromatic nitrogens is 2. The molecule has 0 fully saturated rings. The molecule has 102 valence electrons. The largest absolute Gasteiger partial charge is 0.302 e. The van der Waals surface area contributed by atoms with Crippen LogP contribution in [0.15, 0.2) is 42.6 Å². The first kappa shape index (κ1) is 13.8. The molecule has 2 N–H and O–H groups in total. The number of aromatic amines is 1. The van der Waals surface area contributed by atoms with Gasteiger partial charge in [0.15, 0.2) is 0 Å². The summed E-state index contributed by atoms with van der Waals surface area (Å²) in [5.41, 5.74) is 2.48. The number of hydrogen-bond donors (Lipinski definition) is 2. The summed E-state index contributed by atoms with van der Waals surface area (Å²) >= 11 is 0. The molecule has 0 bridgehead atoms. The second-order valence-corrected chi connectivity index (χ2v) is 5.49. The van der Waals surface area contributed by atoms with Crippen LogP contribution in [-0.4, -0.2) is 10.2 Å². The molecule has 0 amide bonds. The van der Waals surface area contributed by atoms with Gasteiger partial charge in [-0.15, -0.1) is 0 Å². The minimum atomic E-state index is 0.270. The average Bonchev–Trinajstić information content (AvgIpc) is 2.92. The Morgan fingerprint density at radius 2 is 1.84 bits per heavy atom. The van der Waals surface area contributed by atoms with Gasteiger partial charge in [0.2, 0.25) is 0 Å². The highest BCUT2D eigenvalue weighted by molar-refractivity contribution is 5.19. The van der Waals surface area contributed by atoms with E-state index in [9.17, 15) is 0 Å². The lowest BCUT2D eigenvalue weighted by Crippen LogP contribution is -2.26. The zero-order chi connectivity index (χ0) is 13.7. The van der Waals surface area contributed by atoms with E-state index in [1.807, 2.05) is 6.07 Å². The van der Waals surface area contributed by atoms with Crippen LogP contribution in [0.25, 0.3) is 0 Å². The highest BCUT2D eigenvalue weighted by Crippen LogP contribution is 2.24. The van der Waals surface area contributed by atoms with Crippen LogP contribution >= 0.6 is 0 Å². The Bertz CT molecular complexity index is 462. The maximum atomic E-state index is 4.02. The summed E-state index contributed by atoms with van der Waals surface area (Å²) in [6.07, 6.45) is 2.93. The molecule has 3 nitrogen and oxygen atoms in total. The number of rotatable bonds is 6. The molecular weight excluding hydrogens is 234 g/mol. The SMILES string of the molecule is CC(C)CC(NC(C)c1ccn[nH]1)c1ccccc1. The van der Waals surface area contributed by atoms with Crippen molar-refractivity contribution in [2.24, 2.45) is 5.92 Å². The first-order valence-corrected chi connectivity index (χ1v) is 6.97. The highest BCUT2D eigenvalue weighted by Gasteiger charge is 2.17. The molecule has 1 aromatic heterocycles. The molecule has 0 saturated carbocycles. The van der Waals surface area contributed by atoms with Crippen LogP contribution in [0.4, 0.5) is 0 Å². The summed E-state index contributed by atoms with van der Waals surface area (Å²) in [5, 5.41) is 10.7. The standard InChI is InChI=1S/C16H23N3/c1-12(2)11-16(14-7-5-4-6-8-14)18-13(3)15-9-10-17-19-15/h4-10,12-13,16,18H,11H2,1-3H3,(H,17,19). The fourth-order valence-electron chi connectivity index (χ4n) is 2.36. The third-order valence-electron chi connectivity index (χ3n) is 3.35. The van der Waals surface area contributed by atoms with Gasteiger partial charge < -0.3 is 5.32 Å². The molecule has 2 unspecified atom stereocenters. The smallest absolute Gasteiger partial charge is 0.0518 e. The molecule has 0 spiro atoms. The van der Waals surface area contributed by atoms with Crippen LogP contribution in [0, 0.1) is 5.92 Å². The van der Waals surface area contributed by atoms with Crippen LogP contribution in [0.2, 0.25) is 0 Å². The summed E-state index contributed by atoms with van der Waals surface area (Å²) in [4.78, 5) is 0. The fraction of sp³-hybridized carbons (Fsp3) is 0.438. The second-order valence-electron chi connectivity index (χ2n) is 5.49. The van der Waals surface area contributed by atoms with E-state index < -0.39 is 0 Å². The van der Waals surface area contributed by atoms with Gasteiger partial charge in [-0.25, -0.2) is 0 Å². The van der Waals surface area contributed by atoms with Crippen molar-refractivity contribution in [3.63, 3.8) is 0 Å². The fourth-order valence-corrected chi connectivity index (χ4v) is 2.36. The lowest BCUT2D eigenvalue weighted by Gasteiger charge is -2.24. The molecule has 0 aliphatic rings. The average molecular weight is 257 g/mol. The summed E-state index contributed by atoms with van der Waals surface area (Å²) in [7, 11) is 0. The summed E-state index contributed by atoms with van der Waals surface area (Å²) in [6, 6.07) is 13.3. The lowest BCUT2D eigenvalue weighted by atomic mass is 9.96. The molecule has 3 heteroatoms. The second kappa shape index (κ2) is 6.53. The van der Waals surface area contributed by atoms with Gasteiger partial charge in [-0.2, -0.15) is 5.10 Å². The van der Waals surface area contributed by atoms with Crippen LogP contribution in [0.1, 0.15) is 50.5 Å². The molecule has 1 aromatic carbocycles. The molecule has 19 heavy (non-hydrogen) atoms. The van der Waals surface area contributed by atoms with Crippen molar-refractivity contribution >= 4 is 0 Å². The van der Waals surface area contributed by atoms with Gasteiger partial charge in [0.05, 0.1) is 5.69 Å². The van der Waals surface area contributed by atoms with Crippen molar-refractivity contribution in [3.8, 4) is 0 Å². The zero-order valence-corrected chi connectivity index (χ0v) is 11.9. The molecule has 0 aliphatic heterocycles. The summed E-state index contributed by atoms with van der Waals surface area (Å²) < 4.78 is 0. The molecule has 2 rings (SSSR count). The highest BCUT2D eigenvalue weighted by atomic mass is 15.1. The normalized spacial score (nSPS) is 14.5. The number of H-pyrrole nitrogens is 1. The van der Waals surface area contributed by atoms with E-state index in [0.29, 0.717) is 12.0 Å². The van der Waals surface area contributed by atoms with Crippen molar-refractivity contribution in [2.75, 3.05) is 0 Å². The van der Waals surface area contributed by atoms with Gasteiger partial charge in [0.1, 0.15) is 0 Å². The number of benzene rings is 1. The first-order chi connectivity index (χ1) is 9.16. The number of hydrogen-bond acceptors (Lipinski definition) is 2. The maximum absolute atomic E-state index is 4.02. The van der Waals surface area contributed by atoms with E-state index in [2.05, 4.69) is 66.6 Å².